The van der Waals surface area contributed by atoms with Crippen LogP contribution in [-0.2, 0) is 28.5 Å². The molecule has 0 spiro atoms. The molecule has 0 radical (unpaired) electrons. The van der Waals surface area contributed by atoms with Crippen molar-refractivity contribution in [1.82, 2.24) is 4.90 Å². The first-order valence-electron chi connectivity index (χ1n) is 15.2. The van der Waals surface area contributed by atoms with E-state index in [0.29, 0.717) is 37.8 Å². The first kappa shape index (κ1) is 29.8. The molecule has 1 unspecified atom stereocenters. The van der Waals surface area contributed by atoms with Crippen LogP contribution in [-0.4, -0.2) is 91.1 Å². The standard InChI is InChI=1S/C33H45NO8/c1-19-13-16-33(37)28(41-29(36)21-11-9-8-10-12-21)26-31(5,15-14-22-32(26,18-38-22)42-20(2)35)27-25(24(19)30(33,3)4)39-23(40-27)17-34(6)7/h8-12,22-23,25-28,37H,13-18H2,1-7H3/t22-,23-,25-,26?,27-,28+,31-,32+,33-/m1/s1. The van der Waals surface area contributed by atoms with Gasteiger partial charge in [-0.25, -0.2) is 4.79 Å². The van der Waals surface area contributed by atoms with Crippen molar-refractivity contribution in [1.29, 1.82) is 0 Å². The number of esters is 2. The van der Waals surface area contributed by atoms with Crippen molar-refractivity contribution >= 4 is 11.9 Å². The fraction of sp³-hybridized carbons (Fsp3) is 0.697. The SMILES string of the molecule is CC(=O)O[C@@]12CO[C@@H]1CC[C@]1(C)C2[C@H](OC(=O)c2ccccc2)[C@]2(O)CCC(C)=C([C@H]3O[C@@H](CN(C)C)O[C@H]31)C2(C)C. The summed E-state index contributed by atoms with van der Waals surface area (Å²) in [7, 11) is 3.97. The minimum atomic E-state index is -1.49. The molecule has 9 nitrogen and oxygen atoms in total. The van der Waals surface area contributed by atoms with Crippen LogP contribution in [0.25, 0.3) is 0 Å². The van der Waals surface area contributed by atoms with Crippen LogP contribution < -0.4 is 0 Å². The first-order valence-corrected chi connectivity index (χ1v) is 15.2. The molecule has 2 aliphatic heterocycles. The van der Waals surface area contributed by atoms with Gasteiger partial charge in [0.15, 0.2) is 11.9 Å². The molecule has 1 N–H and O–H groups in total. The molecule has 1 aromatic rings. The minimum absolute atomic E-state index is 0.161. The number of benzene rings is 1. The Bertz CT molecular complexity index is 1280. The summed E-state index contributed by atoms with van der Waals surface area (Å²) in [6.45, 7) is 10.4. The van der Waals surface area contributed by atoms with Crippen molar-refractivity contribution in [2.24, 2.45) is 16.7 Å². The molecule has 1 aromatic carbocycles. The summed E-state index contributed by atoms with van der Waals surface area (Å²) in [6, 6.07) is 8.85. The summed E-state index contributed by atoms with van der Waals surface area (Å²) in [6.07, 6.45) is -0.412. The monoisotopic (exact) mass is 583 g/mol. The van der Waals surface area contributed by atoms with Crippen molar-refractivity contribution in [3.8, 4) is 0 Å². The van der Waals surface area contributed by atoms with Gasteiger partial charge < -0.3 is 33.7 Å². The van der Waals surface area contributed by atoms with Gasteiger partial charge in [-0.15, -0.1) is 0 Å². The lowest BCUT2D eigenvalue weighted by molar-refractivity contribution is -0.344. The number of ether oxygens (including phenoxy) is 5. The Kier molecular flexibility index (Phi) is 7.17. The van der Waals surface area contributed by atoms with Gasteiger partial charge in [-0.3, -0.25) is 4.79 Å². The fourth-order valence-electron chi connectivity index (χ4n) is 8.98. The van der Waals surface area contributed by atoms with Gasteiger partial charge in [0.1, 0.15) is 23.9 Å². The zero-order chi connectivity index (χ0) is 30.2. The lowest BCUT2D eigenvalue weighted by Gasteiger charge is -2.67. The summed E-state index contributed by atoms with van der Waals surface area (Å²) in [5.74, 6) is -1.57. The molecule has 0 aromatic heterocycles. The normalized spacial score (nSPS) is 41.9. The van der Waals surface area contributed by atoms with Crippen molar-refractivity contribution in [2.45, 2.75) is 102 Å². The second-order valence-corrected chi connectivity index (χ2v) is 14.1. The summed E-state index contributed by atoms with van der Waals surface area (Å²) < 4.78 is 32.5. The minimum Gasteiger partial charge on any atom is -0.455 e. The lowest BCUT2D eigenvalue weighted by Crippen LogP contribution is -2.79. The number of likely N-dealkylation sites (N-methyl/N-ethyl adjacent to an activating group) is 1. The van der Waals surface area contributed by atoms with E-state index in [4.69, 9.17) is 23.7 Å². The Morgan fingerprint density at radius 2 is 1.81 bits per heavy atom. The zero-order valence-electron chi connectivity index (χ0n) is 25.8. The van der Waals surface area contributed by atoms with Crippen LogP contribution in [0.5, 0.6) is 0 Å². The highest BCUT2D eigenvalue weighted by Gasteiger charge is 2.76. The third-order valence-corrected chi connectivity index (χ3v) is 11.0. The topological polar surface area (TPSA) is 104 Å². The highest BCUT2D eigenvalue weighted by atomic mass is 16.7. The number of allylic oxidation sites excluding steroid dienone is 1. The molecule has 2 saturated carbocycles. The number of carbonyl (C=O) groups is 2. The predicted molar refractivity (Wildman–Crippen MR) is 153 cm³/mol. The van der Waals surface area contributed by atoms with E-state index in [2.05, 4.69) is 13.8 Å². The maximum atomic E-state index is 13.9. The highest BCUT2D eigenvalue weighted by Crippen LogP contribution is 2.66. The summed E-state index contributed by atoms with van der Waals surface area (Å²) >= 11 is 0. The van der Waals surface area contributed by atoms with E-state index in [1.165, 1.54) is 12.5 Å². The van der Waals surface area contributed by atoms with Gasteiger partial charge in [0.25, 0.3) is 0 Å². The van der Waals surface area contributed by atoms with Gasteiger partial charge in [-0.1, -0.05) is 44.5 Å². The summed E-state index contributed by atoms with van der Waals surface area (Å²) in [4.78, 5) is 28.6. The van der Waals surface area contributed by atoms with Crippen LogP contribution in [0.2, 0.25) is 0 Å². The number of hydrogen-bond acceptors (Lipinski definition) is 9. The van der Waals surface area contributed by atoms with Crippen LogP contribution in [0.15, 0.2) is 41.5 Å². The number of hydrogen-bond donors (Lipinski definition) is 1. The molecule has 2 saturated heterocycles. The Morgan fingerprint density at radius 3 is 2.43 bits per heavy atom. The van der Waals surface area contributed by atoms with Crippen molar-refractivity contribution in [3.05, 3.63) is 47.0 Å². The molecule has 5 aliphatic rings. The lowest BCUT2D eigenvalue weighted by atomic mass is 9.45. The van der Waals surface area contributed by atoms with Crippen LogP contribution in [0, 0.1) is 16.7 Å². The van der Waals surface area contributed by atoms with Crippen LogP contribution >= 0.6 is 0 Å². The van der Waals surface area contributed by atoms with Gasteiger partial charge >= 0.3 is 11.9 Å². The molecule has 2 heterocycles. The maximum absolute atomic E-state index is 13.9. The quantitative estimate of drug-likeness (QED) is 0.409. The smallest absolute Gasteiger partial charge is 0.338 e. The molecule has 3 aliphatic carbocycles. The Hall–Kier alpha value is -2.30. The van der Waals surface area contributed by atoms with E-state index in [-0.39, 0.29) is 12.7 Å². The van der Waals surface area contributed by atoms with Gasteiger partial charge in [0.05, 0.1) is 24.2 Å². The van der Waals surface area contributed by atoms with Gasteiger partial charge in [-0.2, -0.15) is 0 Å². The Labute approximate surface area is 248 Å². The Morgan fingerprint density at radius 1 is 1.10 bits per heavy atom. The molecule has 2 bridgehead atoms. The van der Waals surface area contributed by atoms with Crippen molar-refractivity contribution < 1.29 is 38.4 Å². The molecular formula is C33H45NO8. The molecular weight excluding hydrogens is 538 g/mol. The number of aliphatic hydroxyl groups is 1. The number of fused-ring (bicyclic) bond motifs is 8. The molecule has 0 amide bonds. The van der Waals surface area contributed by atoms with Gasteiger partial charge in [0.2, 0.25) is 0 Å². The van der Waals surface area contributed by atoms with E-state index in [9.17, 15) is 14.7 Å². The zero-order valence-corrected chi connectivity index (χ0v) is 25.8. The van der Waals surface area contributed by atoms with E-state index in [1.807, 2.05) is 38.9 Å². The fourth-order valence-corrected chi connectivity index (χ4v) is 8.98. The number of carbonyl (C=O) groups excluding carboxylic acids is 2. The molecule has 230 valence electrons. The van der Waals surface area contributed by atoms with E-state index in [0.717, 1.165) is 5.57 Å². The van der Waals surface area contributed by atoms with E-state index in [1.54, 1.807) is 24.3 Å². The highest BCUT2D eigenvalue weighted by molar-refractivity contribution is 5.89. The molecule has 42 heavy (non-hydrogen) atoms. The molecule has 9 heteroatoms. The van der Waals surface area contributed by atoms with E-state index < -0.39 is 64.5 Å². The predicted octanol–water partition coefficient (Wildman–Crippen LogP) is 3.88. The molecule has 9 atom stereocenters. The van der Waals surface area contributed by atoms with E-state index >= 15 is 0 Å². The average molecular weight is 584 g/mol. The largest absolute Gasteiger partial charge is 0.455 e. The van der Waals surface area contributed by atoms with Crippen molar-refractivity contribution in [3.63, 3.8) is 0 Å². The van der Waals surface area contributed by atoms with Crippen LogP contribution in [0.1, 0.15) is 70.7 Å². The van der Waals surface area contributed by atoms with Gasteiger partial charge in [-0.05, 0) is 64.4 Å². The molecule has 6 rings (SSSR count). The summed E-state index contributed by atoms with van der Waals surface area (Å²) in [5.41, 5.74) is -1.56. The number of rotatable bonds is 5. The average Bonchev–Trinajstić information content (AvgIpc) is 3.31. The third kappa shape index (κ3) is 4.22. The number of nitrogens with zero attached hydrogens (tertiary/aromatic N) is 1. The van der Waals surface area contributed by atoms with Crippen molar-refractivity contribution in [2.75, 3.05) is 27.2 Å². The van der Waals surface area contributed by atoms with Crippen LogP contribution in [0.4, 0.5) is 0 Å². The van der Waals surface area contributed by atoms with Crippen LogP contribution in [0.3, 0.4) is 0 Å². The second kappa shape index (κ2) is 10.1. The molecule has 4 fully saturated rings. The summed E-state index contributed by atoms with van der Waals surface area (Å²) in [5, 5.41) is 13.1. The maximum Gasteiger partial charge on any atom is 0.338 e. The first-order chi connectivity index (χ1) is 19.7. The second-order valence-electron chi connectivity index (χ2n) is 14.1. The Balaban J connectivity index is 1.58. The van der Waals surface area contributed by atoms with Gasteiger partial charge in [0, 0.05) is 24.3 Å². The third-order valence-electron chi connectivity index (χ3n) is 11.0.